The lowest BCUT2D eigenvalue weighted by Crippen LogP contribution is -2.20. The molecule has 0 fully saturated rings. The summed E-state index contributed by atoms with van der Waals surface area (Å²) in [4.78, 5) is 12.4. The molecule has 0 aliphatic rings. The molecule has 0 atom stereocenters. The van der Waals surface area contributed by atoms with E-state index in [9.17, 15) is 4.79 Å². The topological polar surface area (TPSA) is 70.2 Å². The van der Waals surface area contributed by atoms with Gasteiger partial charge in [-0.2, -0.15) is 0 Å². The Morgan fingerprint density at radius 2 is 1.86 bits per heavy atom. The summed E-state index contributed by atoms with van der Waals surface area (Å²) >= 11 is 6.11. The van der Waals surface area contributed by atoms with Gasteiger partial charge in [0.05, 0.1) is 12.1 Å². The predicted molar refractivity (Wildman–Crippen MR) is 112 cm³/mol. The van der Waals surface area contributed by atoms with Crippen LogP contribution in [0.3, 0.4) is 0 Å². The highest BCUT2D eigenvalue weighted by Crippen LogP contribution is 2.23. The molecule has 0 radical (unpaired) electrons. The zero-order chi connectivity index (χ0) is 20.2. The number of halogens is 1. The number of hydrogen-bond donors (Lipinski definition) is 0. The summed E-state index contributed by atoms with van der Waals surface area (Å²) in [6.07, 6.45) is 2.11. The number of pyridine rings is 1. The number of rotatable bonds is 7. The molecule has 0 amide bonds. The van der Waals surface area contributed by atoms with Crippen molar-refractivity contribution in [1.29, 1.82) is 0 Å². The molecule has 0 spiro atoms. The van der Waals surface area contributed by atoms with Crippen molar-refractivity contribution in [3.05, 3.63) is 75.9 Å². The second-order valence-electron chi connectivity index (χ2n) is 6.69. The number of fused-ring (bicyclic) bond motifs is 1. The van der Waals surface area contributed by atoms with Crippen LogP contribution < -0.4 is 10.3 Å². The van der Waals surface area contributed by atoms with Crippen molar-refractivity contribution < 1.29 is 9.15 Å². The van der Waals surface area contributed by atoms with Gasteiger partial charge in [-0.3, -0.25) is 9.36 Å². The van der Waals surface area contributed by atoms with Gasteiger partial charge in [0.15, 0.2) is 0 Å². The molecule has 2 aromatic carbocycles. The SMILES string of the molecule is CCCCOc1ccc(-c2nnc(Cn3c(=O)ccc4ccc(Cl)cc43)o2)cc1. The lowest BCUT2D eigenvalue weighted by atomic mass is 10.2. The second-order valence-corrected chi connectivity index (χ2v) is 7.12. The molecule has 0 saturated heterocycles. The van der Waals surface area contributed by atoms with Crippen molar-refractivity contribution >= 4 is 22.5 Å². The van der Waals surface area contributed by atoms with Crippen LogP contribution in [0.25, 0.3) is 22.4 Å². The third-order valence-corrected chi connectivity index (χ3v) is 4.82. The molecule has 6 nitrogen and oxygen atoms in total. The van der Waals surface area contributed by atoms with Crippen LogP contribution in [0.15, 0.2) is 63.8 Å². The second kappa shape index (κ2) is 8.49. The molecule has 4 rings (SSSR count). The Morgan fingerprint density at radius 3 is 2.66 bits per heavy atom. The van der Waals surface area contributed by atoms with E-state index in [-0.39, 0.29) is 12.1 Å². The highest BCUT2D eigenvalue weighted by molar-refractivity contribution is 6.31. The standard InChI is InChI=1S/C22H20ClN3O3/c1-2-3-12-28-18-9-5-16(6-10-18)22-25-24-20(29-22)14-26-19-13-17(23)8-4-15(19)7-11-21(26)27/h4-11,13H,2-3,12,14H2,1H3. The molecule has 29 heavy (non-hydrogen) atoms. The Kier molecular flexibility index (Phi) is 5.62. The van der Waals surface area contributed by atoms with Crippen LogP contribution in [0.1, 0.15) is 25.7 Å². The van der Waals surface area contributed by atoms with Crippen LogP contribution in [0.2, 0.25) is 5.02 Å². The van der Waals surface area contributed by atoms with Gasteiger partial charge in [-0.05, 0) is 54.3 Å². The van der Waals surface area contributed by atoms with Crippen molar-refractivity contribution in [3.63, 3.8) is 0 Å². The molecule has 0 aliphatic carbocycles. The van der Waals surface area contributed by atoms with Crippen molar-refractivity contribution in [2.45, 2.75) is 26.3 Å². The molecule has 148 valence electrons. The Hall–Kier alpha value is -3.12. The summed E-state index contributed by atoms with van der Waals surface area (Å²) in [7, 11) is 0. The molecule has 0 bridgehead atoms. The molecule has 2 heterocycles. The first kappa shape index (κ1) is 19.2. The van der Waals surface area contributed by atoms with Gasteiger partial charge >= 0.3 is 0 Å². The number of unbranched alkanes of at least 4 members (excludes halogenated alkanes) is 1. The molecule has 7 heteroatoms. The highest BCUT2D eigenvalue weighted by Gasteiger charge is 2.12. The molecule has 2 aromatic heterocycles. The molecular formula is C22H20ClN3O3. The van der Waals surface area contributed by atoms with Crippen LogP contribution >= 0.6 is 11.6 Å². The molecule has 0 N–H and O–H groups in total. The molecular weight excluding hydrogens is 390 g/mol. The number of nitrogens with zero attached hydrogens (tertiary/aromatic N) is 3. The van der Waals surface area contributed by atoms with Gasteiger partial charge in [0.2, 0.25) is 11.8 Å². The maximum Gasteiger partial charge on any atom is 0.251 e. The van der Waals surface area contributed by atoms with Crippen LogP contribution in [-0.4, -0.2) is 21.4 Å². The molecule has 0 unspecified atom stereocenters. The number of ether oxygens (including phenoxy) is 1. The van der Waals surface area contributed by atoms with E-state index < -0.39 is 0 Å². The summed E-state index contributed by atoms with van der Waals surface area (Å²) in [5, 5.41) is 9.69. The minimum atomic E-state index is -0.159. The zero-order valence-corrected chi connectivity index (χ0v) is 16.7. The van der Waals surface area contributed by atoms with E-state index >= 15 is 0 Å². The van der Waals surface area contributed by atoms with Crippen LogP contribution in [0.4, 0.5) is 0 Å². The quantitative estimate of drug-likeness (QED) is 0.404. The van der Waals surface area contributed by atoms with Crippen LogP contribution in [0, 0.1) is 0 Å². The third kappa shape index (κ3) is 4.32. The summed E-state index contributed by atoms with van der Waals surface area (Å²) < 4.78 is 13.0. The lowest BCUT2D eigenvalue weighted by molar-refractivity contribution is 0.309. The van der Waals surface area contributed by atoms with E-state index in [1.807, 2.05) is 30.3 Å². The fraction of sp³-hybridized carbons (Fsp3) is 0.227. The van der Waals surface area contributed by atoms with Gasteiger partial charge in [0.1, 0.15) is 12.3 Å². The number of hydrogen-bond acceptors (Lipinski definition) is 5. The number of benzene rings is 2. The van der Waals surface area contributed by atoms with E-state index in [4.69, 9.17) is 20.8 Å². The van der Waals surface area contributed by atoms with E-state index in [2.05, 4.69) is 17.1 Å². The Morgan fingerprint density at radius 1 is 1.07 bits per heavy atom. The van der Waals surface area contributed by atoms with Crippen LogP contribution in [-0.2, 0) is 6.54 Å². The summed E-state index contributed by atoms with van der Waals surface area (Å²) in [5.74, 6) is 1.55. The highest BCUT2D eigenvalue weighted by atomic mass is 35.5. The Balaban J connectivity index is 1.56. The molecule has 0 saturated carbocycles. The first-order chi connectivity index (χ1) is 14.1. The minimum absolute atomic E-state index is 0.159. The first-order valence-corrected chi connectivity index (χ1v) is 9.86. The first-order valence-electron chi connectivity index (χ1n) is 9.49. The van der Waals surface area contributed by atoms with Gasteiger partial charge in [0.25, 0.3) is 5.56 Å². The van der Waals surface area contributed by atoms with Gasteiger partial charge in [-0.25, -0.2) is 0 Å². The van der Waals surface area contributed by atoms with E-state index in [0.717, 1.165) is 35.1 Å². The summed E-state index contributed by atoms with van der Waals surface area (Å²) in [5.41, 5.74) is 1.35. The maximum atomic E-state index is 12.4. The maximum absolute atomic E-state index is 12.4. The fourth-order valence-corrected chi connectivity index (χ4v) is 3.19. The fourth-order valence-electron chi connectivity index (χ4n) is 3.02. The normalized spacial score (nSPS) is 11.1. The van der Waals surface area contributed by atoms with E-state index in [1.54, 1.807) is 22.8 Å². The molecule has 4 aromatic rings. The van der Waals surface area contributed by atoms with Gasteiger partial charge in [-0.15, -0.1) is 10.2 Å². The summed E-state index contributed by atoms with van der Waals surface area (Å²) in [6, 6.07) is 16.2. The van der Waals surface area contributed by atoms with Gasteiger partial charge < -0.3 is 9.15 Å². The average molecular weight is 410 g/mol. The zero-order valence-electron chi connectivity index (χ0n) is 16.0. The molecule has 0 aliphatic heterocycles. The van der Waals surface area contributed by atoms with Crippen molar-refractivity contribution in [1.82, 2.24) is 14.8 Å². The third-order valence-electron chi connectivity index (χ3n) is 4.58. The van der Waals surface area contributed by atoms with Gasteiger partial charge in [0, 0.05) is 16.7 Å². The van der Waals surface area contributed by atoms with Crippen molar-refractivity contribution in [2.24, 2.45) is 0 Å². The van der Waals surface area contributed by atoms with Gasteiger partial charge in [-0.1, -0.05) is 31.0 Å². The number of aromatic nitrogens is 3. The lowest BCUT2D eigenvalue weighted by Gasteiger charge is -2.08. The van der Waals surface area contributed by atoms with Crippen molar-refractivity contribution in [2.75, 3.05) is 6.61 Å². The van der Waals surface area contributed by atoms with E-state index in [1.165, 1.54) is 6.07 Å². The Bertz CT molecular complexity index is 1180. The summed E-state index contributed by atoms with van der Waals surface area (Å²) in [6.45, 7) is 2.99. The van der Waals surface area contributed by atoms with Crippen LogP contribution in [0.5, 0.6) is 5.75 Å². The van der Waals surface area contributed by atoms with Crippen molar-refractivity contribution in [3.8, 4) is 17.2 Å². The smallest absolute Gasteiger partial charge is 0.251 e. The van der Waals surface area contributed by atoms with E-state index in [0.29, 0.717) is 23.4 Å². The predicted octanol–water partition coefficient (Wildman–Crippen LogP) is 4.93. The Labute approximate surface area is 172 Å². The average Bonchev–Trinajstić information content (AvgIpc) is 3.20. The minimum Gasteiger partial charge on any atom is -0.494 e. The largest absolute Gasteiger partial charge is 0.494 e. The monoisotopic (exact) mass is 409 g/mol.